The highest BCUT2D eigenvalue weighted by atomic mass is 16.4. The lowest BCUT2D eigenvalue weighted by Crippen LogP contribution is -2.39. The molecule has 0 spiro atoms. The van der Waals surface area contributed by atoms with Crippen molar-refractivity contribution >= 4 is 5.97 Å². The van der Waals surface area contributed by atoms with E-state index in [1.165, 1.54) is 0 Å². The zero-order valence-electron chi connectivity index (χ0n) is 10.3. The fraction of sp³-hybridized carbons (Fsp3) is 0.667. The van der Waals surface area contributed by atoms with Crippen molar-refractivity contribution in [1.82, 2.24) is 14.7 Å². The number of carboxylic acids is 1. The predicted octanol–water partition coefficient (Wildman–Crippen LogP) is 1.30. The summed E-state index contributed by atoms with van der Waals surface area (Å²) in [6, 6.07) is 2.49. The lowest BCUT2D eigenvalue weighted by molar-refractivity contribution is -0.138. The van der Waals surface area contributed by atoms with Crippen LogP contribution < -0.4 is 0 Å². The van der Waals surface area contributed by atoms with Gasteiger partial charge >= 0.3 is 5.97 Å². The van der Waals surface area contributed by atoms with Crippen LogP contribution in [0, 0.1) is 6.92 Å². The van der Waals surface area contributed by atoms with E-state index in [0.29, 0.717) is 0 Å². The lowest BCUT2D eigenvalue weighted by atomic mass is 10.1. The molecule has 0 radical (unpaired) electrons. The van der Waals surface area contributed by atoms with Crippen LogP contribution in [0.4, 0.5) is 0 Å². The van der Waals surface area contributed by atoms with Crippen LogP contribution in [0.1, 0.15) is 31.5 Å². The van der Waals surface area contributed by atoms with E-state index in [1.54, 1.807) is 0 Å². The average molecular weight is 237 g/mol. The van der Waals surface area contributed by atoms with E-state index >= 15 is 0 Å². The Labute approximate surface area is 101 Å². The van der Waals surface area contributed by atoms with Crippen LogP contribution in [0.3, 0.4) is 0 Å². The second-order valence-electron chi connectivity index (χ2n) is 4.75. The topological polar surface area (TPSA) is 58.4 Å². The van der Waals surface area contributed by atoms with E-state index in [0.717, 1.165) is 25.1 Å². The molecule has 94 valence electrons. The van der Waals surface area contributed by atoms with E-state index in [1.807, 2.05) is 28.8 Å². The summed E-state index contributed by atoms with van der Waals surface area (Å²) in [6.45, 7) is 5.08. The number of aryl methyl sites for hydroxylation is 1. The summed E-state index contributed by atoms with van der Waals surface area (Å²) in [7, 11) is 0. The summed E-state index contributed by atoms with van der Waals surface area (Å²) in [4.78, 5) is 12.8. The van der Waals surface area contributed by atoms with Crippen molar-refractivity contribution in [1.29, 1.82) is 0 Å². The van der Waals surface area contributed by atoms with Gasteiger partial charge in [-0.1, -0.05) is 0 Å². The van der Waals surface area contributed by atoms with Crippen molar-refractivity contribution < 1.29 is 9.90 Å². The number of carbonyl (C=O) groups is 1. The highest BCUT2D eigenvalue weighted by molar-refractivity contribution is 5.69. The van der Waals surface area contributed by atoms with Gasteiger partial charge in [0, 0.05) is 12.2 Å². The standard InChI is InChI=1S/C12H19N3O2/c1-9-5-7-15(13-9)10(2)11-4-3-6-14(11)8-12(16)17/h5,7,10-11H,3-4,6,8H2,1-2H3,(H,16,17). The number of hydrogen-bond acceptors (Lipinski definition) is 3. The number of rotatable bonds is 4. The Hall–Kier alpha value is -1.36. The molecule has 2 atom stereocenters. The van der Waals surface area contributed by atoms with Crippen LogP contribution in [0.25, 0.3) is 0 Å². The molecule has 5 nitrogen and oxygen atoms in total. The minimum Gasteiger partial charge on any atom is -0.480 e. The minimum atomic E-state index is -0.749. The Morgan fingerprint density at radius 2 is 2.47 bits per heavy atom. The largest absolute Gasteiger partial charge is 0.480 e. The molecule has 1 aliphatic heterocycles. The van der Waals surface area contributed by atoms with Gasteiger partial charge in [-0.25, -0.2) is 0 Å². The monoisotopic (exact) mass is 237 g/mol. The first-order chi connectivity index (χ1) is 8.08. The molecule has 0 bridgehead atoms. The number of hydrogen-bond donors (Lipinski definition) is 1. The van der Waals surface area contributed by atoms with Gasteiger partial charge in [0.15, 0.2) is 0 Å². The van der Waals surface area contributed by atoms with E-state index in [4.69, 9.17) is 5.11 Å². The van der Waals surface area contributed by atoms with Gasteiger partial charge in [-0.2, -0.15) is 5.10 Å². The van der Waals surface area contributed by atoms with Crippen LogP contribution in [0.5, 0.6) is 0 Å². The van der Waals surface area contributed by atoms with Crippen LogP contribution in [-0.4, -0.2) is 44.9 Å². The molecule has 0 aliphatic carbocycles. The number of aliphatic carboxylic acids is 1. The van der Waals surface area contributed by atoms with Crippen LogP contribution in [-0.2, 0) is 4.79 Å². The number of nitrogens with zero attached hydrogens (tertiary/aromatic N) is 3. The first kappa shape index (κ1) is 12.1. The molecule has 1 aromatic rings. The highest BCUT2D eigenvalue weighted by Crippen LogP contribution is 2.26. The smallest absolute Gasteiger partial charge is 0.317 e. The van der Waals surface area contributed by atoms with Crippen molar-refractivity contribution in [3.63, 3.8) is 0 Å². The normalized spacial score (nSPS) is 22.8. The zero-order valence-corrected chi connectivity index (χ0v) is 10.3. The number of carboxylic acid groups (broad SMARTS) is 1. The van der Waals surface area contributed by atoms with Gasteiger partial charge in [-0.15, -0.1) is 0 Å². The van der Waals surface area contributed by atoms with Crippen LogP contribution >= 0.6 is 0 Å². The van der Waals surface area contributed by atoms with Crippen molar-refractivity contribution in [2.45, 2.75) is 38.8 Å². The number of likely N-dealkylation sites (tertiary alicyclic amines) is 1. The average Bonchev–Trinajstić information content (AvgIpc) is 2.85. The first-order valence-corrected chi connectivity index (χ1v) is 6.05. The molecule has 2 rings (SSSR count). The molecule has 17 heavy (non-hydrogen) atoms. The van der Waals surface area contributed by atoms with Gasteiger partial charge in [0.25, 0.3) is 0 Å². The number of aromatic nitrogens is 2. The Morgan fingerprint density at radius 1 is 1.71 bits per heavy atom. The van der Waals surface area contributed by atoms with E-state index in [-0.39, 0.29) is 18.6 Å². The predicted molar refractivity (Wildman–Crippen MR) is 63.9 cm³/mol. The summed E-state index contributed by atoms with van der Waals surface area (Å²) in [5.74, 6) is -0.749. The SMILES string of the molecule is Cc1ccn(C(C)C2CCCN2CC(=O)O)n1. The lowest BCUT2D eigenvalue weighted by Gasteiger charge is -2.28. The molecule has 1 aromatic heterocycles. The van der Waals surface area contributed by atoms with Gasteiger partial charge in [0.05, 0.1) is 18.3 Å². The summed E-state index contributed by atoms with van der Waals surface area (Å²) in [5.41, 5.74) is 1.000. The molecule has 2 heterocycles. The second kappa shape index (κ2) is 4.87. The third kappa shape index (κ3) is 2.66. The molecule has 0 aromatic carbocycles. The minimum absolute atomic E-state index is 0.134. The molecular weight excluding hydrogens is 218 g/mol. The van der Waals surface area contributed by atoms with Crippen LogP contribution in [0.15, 0.2) is 12.3 Å². The van der Waals surface area contributed by atoms with Gasteiger partial charge in [-0.3, -0.25) is 14.4 Å². The Bertz CT molecular complexity index is 402. The van der Waals surface area contributed by atoms with Gasteiger partial charge in [0.1, 0.15) is 0 Å². The Balaban J connectivity index is 2.07. The Kier molecular flexibility index (Phi) is 3.47. The molecule has 0 saturated carbocycles. The van der Waals surface area contributed by atoms with Gasteiger partial charge < -0.3 is 5.11 Å². The maximum atomic E-state index is 10.8. The van der Waals surface area contributed by atoms with Crippen molar-refractivity contribution in [3.8, 4) is 0 Å². The first-order valence-electron chi connectivity index (χ1n) is 6.05. The van der Waals surface area contributed by atoms with E-state index in [9.17, 15) is 4.79 Å². The molecular formula is C12H19N3O2. The third-order valence-corrected chi connectivity index (χ3v) is 3.47. The maximum absolute atomic E-state index is 10.8. The summed E-state index contributed by atoms with van der Waals surface area (Å²) in [6.07, 6.45) is 4.09. The zero-order chi connectivity index (χ0) is 12.4. The third-order valence-electron chi connectivity index (χ3n) is 3.47. The van der Waals surface area contributed by atoms with Crippen LogP contribution in [0.2, 0.25) is 0 Å². The molecule has 2 unspecified atom stereocenters. The fourth-order valence-electron chi connectivity index (χ4n) is 2.60. The van der Waals surface area contributed by atoms with Crippen molar-refractivity contribution in [2.24, 2.45) is 0 Å². The molecule has 1 N–H and O–H groups in total. The van der Waals surface area contributed by atoms with Crippen molar-refractivity contribution in [3.05, 3.63) is 18.0 Å². The maximum Gasteiger partial charge on any atom is 0.317 e. The summed E-state index contributed by atoms with van der Waals surface area (Å²) >= 11 is 0. The van der Waals surface area contributed by atoms with Gasteiger partial charge in [0.2, 0.25) is 0 Å². The summed E-state index contributed by atoms with van der Waals surface area (Å²) in [5, 5.41) is 13.3. The summed E-state index contributed by atoms with van der Waals surface area (Å²) < 4.78 is 1.94. The molecule has 0 amide bonds. The van der Waals surface area contributed by atoms with E-state index in [2.05, 4.69) is 12.0 Å². The van der Waals surface area contributed by atoms with E-state index < -0.39 is 5.97 Å². The van der Waals surface area contributed by atoms with Crippen molar-refractivity contribution in [2.75, 3.05) is 13.1 Å². The second-order valence-corrected chi connectivity index (χ2v) is 4.75. The molecule has 1 fully saturated rings. The fourth-order valence-corrected chi connectivity index (χ4v) is 2.60. The molecule has 1 saturated heterocycles. The highest BCUT2D eigenvalue weighted by Gasteiger charge is 2.31. The Morgan fingerprint density at radius 3 is 3.06 bits per heavy atom. The molecule has 1 aliphatic rings. The van der Waals surface area contributed by atoms with Gasteiger partial charge in [-0.05, 0) is 39.3 Å². The quantitative estimate of drug-likeness (QED) is 0.857. The molecule has 5 heteroatoms.